The highest BCUT2D eigenvalue weighted by Crippen LogP contribution is 2.35. The number of hydrogen-bond acceptors (Lipinski definition) is 5. The average molecular weight is 303 g/mol. The predicted molar refractivity (Wildman–Crippen MR) is 78.0 cm³/mol. The Hall–Kier alpha value is -2.63. The van der Waals surface area contributed by atoms with Gasteiger partial charge in [-0.05, 0) is 31.2 Å². The minimum atomic E-state index is -0.133. The van der Waals surface area contributed by atoms with Gasteiger partial charge in [-0.1, -0.05) is 0 Å². The van der Waals surface area contributed by atoms with Gasteiger partial charge >= 0.3 is 0 Å². The smallest absolute Gasteiger partial charge is 0.260 e. The number of fused-ring (bicyclic) bond motifs is 1. The van der Waals surface area contributed by atoms with Crippen LogP contribution in [0.3, 0.4) is 0 Å². The third-order valence-electron chi connectivity index (χ3n) is 3.32. The molecule has 1 aliphatic heterocycles. The van der Waals surface area contributed by atoms with E-state index in [0.717, 1.165) is 11.5 Å². The van der Waals surface area contributed by atoms with Gasteiger partial charge in [-0.25, -0.2) is 0 Å². The van der Waals surface area contributed by atoms with Crippen LogP contribution in [0.1, 0.15) is 11.5 Å². The van der Waals surface area contributed by atoms with Crippen molar-refractivity contribution < 1.29 is 23.4 Å². The van der Waals surface area contributed by atoms with Crippen LogP contribution >= 0.6 is 0 Å². The van der Waals surface area contributed by atoms with E-state index in [1.165, 1.54) is 0 Å². The van der Waals surface area contributed by atoms with Crippen LogP contribution in [0.15, 0.2) is 34.7 Å². The first-order valence-electron chi connectivity index (χ1n) is 6.93. The van der Waals surface area contributed by atoms with Gasteiger partial charge in [-0.3, -0.25) is 4.79 Å². The number of benzene rings is 1. The minimum absolute atomic E-state index is 0.0458. The van der Waals surface area contributed by atoms with Crippen LogP contribution < -0.4 is 14.2 Å². The molecule has 2 heterocycles. The van der Waals surface area contributed by atoms with E-state index in [2.05, 4.69) is 0 Å². The highest BCUT2D eigenvalue weighted by atomic mass is 16.7. The summed E-state index contributed by atoms with van der Waals surface area (Å²) in [5.41, 5.74) is 0. The van der Waals surface area contributed by atoms with Crippen molar-refractivity contribution >= 4 is 5.91 Å². The zero-order valence-electron chi connectivity index (χ0n) is 12.5. The van der Waals surface area contributed by atoms with Crippen LogP contribution in [0.4, 0.5) is 0 Å². The van der Waals surface area contributed by atoms with E-state index in [9.17, 15) is 4.79 Å². The van der Waals surface area contributed by atoms with Gasteiger partial charge in [0, 0.05) is 13.1 Å². The van der Waals surface area contributed by atoms with Crippen LogP contribution in [-0.4, -0.2) is 31.3 Å². The first-order chi connectivity index (χ1) is 10.6. The molecule has 0 aliphatic carbocycles. The number of rotatable bonds is 5. The van der Waals surface area contributed by atoms with Crippen molar-refractivity contribution in [2.75, 3.05) is 20.4 Å². The SMILES string of the molecule is Cc1ccc(CN(C)C(=O)COc2ccc3c(c2)OCO3)o1. The number of furan rings is 1. The summed E-state index contributed by atoms with van der Waals surface area (Å²) >= 11 is 0. The van der Waals surface area contributed by atoms with E-state index < -0.39 is 0 Å². The Morgan fingerprint density at radius 2 is 2.05 bits per heavy atom. The molecule has 0 atom stereocenters. The van der Waals surface area contributed by atoms with Crippen LogP contribution in [0.25, 0.3) is 0 Å². The Kier molecular flexibility index (Phi) is 3.91. The van der Waals surface area contributed by atoms with Gasteiger partial charge in [0.25, 0.3) is 5.91 Å². The summed E-state index contributed by atoms with van der Waals surface area (Å²) in [5.74, 6) is 3.32. The molecule has 2 aromatic rings. The van der Waals surface area contributed by atoms with E-state index in [-0.39, 0.29) is 19.3 Å². The Balaban J connectivity index is 1.53. The molecule has 1 aromatic carbocycles. The van der Waals surface area contributed by atoms with Crippen molar-refractivity contribution in [1.29, 1.82) is 0 Å². The third kappa shape index (κ3) is 3.16. The Labute approximate surface area is 128 Å². The lowest BCUT2D eigenvalue weighted by molar-refractivity contribution is -0.132. The lowest BCUT2D eigenvalue weighted by Gasteiger charge is -2.16. The lowest BCUT2D eigenvalue weighted by Crippen LogP contribution is -2.30. The number of likely N-dealkylation sites (N-methyl/N-ethyl adjacent to an activating group) is 1. The zero-order chi connectivity index (χ0) is 15.5. The highest BCUT2D eigenvalue weighted by molar-refractivity contribution is 5.77. The van der Waals surface area contributed by atoms with Gasteiger partial charge in [-0.2, -0.15) is 0 Å². The summed E-state index contributed by atoms with van der Waals surface area (Å²) in [6, 6.07) is 8.95. The first kappa shape index (κ1) is 14.3. The van der Waals surface area contributed by atoms with E-state index in [0.29, 0.717) is 23.8 Å². The Morgan fingerprint density at radius 3 is 2.82 bits per heavy atom. The molecule has 22 heavy (non-hydrogen) atoms. The molecule has 0 saturated carbocycles. The standard InChI is InChI=1S/C16H17NO5/c1-11-3-4-13(22-11)8-17(2)16(18)9-19-12-5-6-14-15(7-12)21-10-20-14/h3-7H,8-10H2,1-2H3. The number of amides is 1. The fourth-order valence-electron chi connectivity index (χ4n) is 2.11. The third-order valence-corrected chi connectivity index (χ3v) is 3.32. The maximum Gasteiger partial charge on any atom is 0.260 e. The molecule has 0 saturated heterocycles. The monoisotopic (exact) mass is 303 g/mol. The number of hydrogen-bond donors (Lipinski definition) is 0. The number of ether oxygens (including phenoxy) is 3. The van der Waals surface area contributed by atoms with E-state index in [1.807, 2.05) is 19.1 Å². The van der Waals surface area contributed by atoms with Crippen molar-refractivity contribution in [2.24, 2.45) is 0 Å². The number of carbonyl (C=O) groups is 1. The van der Waals surface area contributed by atoms with Crippen molar-refractivity contribution in [2.45, 2.75) is 13.5 Å². The number of aryl methyl sites for hydroxylation is 1. The highest BCUT2D eigenvalue weighted by Gasteiger charge is 2.15. The van der Waals surface area contributed by atoms with E-state index in [1.54, 1.807) is 30.1 Å². The summed E-state index contributed by atoms with van der Waals surface area (Å²) < 4.78 is 21.4. The molecule has 6 heteroatoms. The molecule has 1 amide bonds. The summed E-state index contributed by atoms with van der Waals surface area (Å²) in [5, 5.41) is 0. The van der Waals surface area contributed by atoms with Crippen molar-refractivity contribution in [1.82, 2.24) is 4.90 Å². The molecular weight excluding hydrogens is 286 g/mol. The average Bonchev–Trinajstić information content (AvgIpc) is 3.12. The summed E-state index contributed by atoms with van der Waals surface area (Å²) in [6.07, 6.45) is 0. The molecule has 1 aromatic heterocycles. The number of nitrogens with zero attached hydrogens (tertiary/aromatic N) is 1. The van der Waals surface area contributed by atoms with Crippen molar-refractivity contribution in [3.05, 3.63) is 41.9 Å². The molecular formula is C16H17NO5. The van der Waals surface area contributed by atoms with Gasteiger partial charge in [-0.15, -0.1) is 0 Å². The largest absolute Gasteiger partial charge is 0.484 e. The summed E-state index contributed by atoms with van der Waals surface area (Å²) in [7, 11) is 1.71. The van der Waals surface area contributed by atoms with Crippen LogP contribution in [0.2, 0.25) is 0 Å². The molecule has 0 fully saturated rings. The Bertz CT molecular complexity index is 679. The molecule has 0 radical (unpaired) electrons. The molecule has 1 aliphatic rings. The zero-order valence-corrected chi connectivity index (χ0v) is 12.5. The van der Waals surface area contributed by atoms with Gasteiger partial charge in [0.15, 0.2) is 18.1 Å². The van der Waals surface area contributed by atoms with E-state index in [4.69, 9.17) is 18.6 Å². The van der Waals surface area contributed by atoms with E-state index >= 15 is 0 Å². The van der Waals surface area contributed by atoms with Crippen LogP contribution in [0, 0.1) is 6.92 Å². The second-order valence-corrected chi connectivity index (χ2v) is 5.07. The molecule has 0 spiro atoms. The lowest BCUT2D eigenvalue weighted by atomic mass is 10.3. The summed E-state index contributed by atoms with van der Waals surface area (Å²) in [4.78, 5) is 13.6. The maximum absolute atomic E-state index is 12.1. The van der Waals surface area contributed by atoms with Crippen LogP contribution in [0.5, 0.6) is 17.2 Å². The fraction of sp³-hybridized carbons (Fsp3) is 0.312. The molecule has 6 nitrogen and oxygen atoms in total. The second kappa shape index (κ2) is 6.01. The van der Waals surface area contributed by atoms with Gasteiger partial charge < -0.3 is 23.5 Å². The molecule has 3 rings (SSSR count). The molecule has 0 N–H and O–H groups in total. The van der Waals surface area contributed by atoms with Gasteiger partial charge in [0.2, 0.25) is 6.79 Å². The Morgan fingerprint density at radius 1 is 1.23 bits per heavy atom. The van der Waals surface area contributed by atoms with Crippen LogP contribution in [-0.2, 0) is 11.3 Å². The number of carbonyl (C=O) groups excluding carboxylic acids is 1. The fourth-order valence-corrected chi connectivity index (χ4v) is 2.11. The normalized spacial score (nSPS) is 12.3. The topological polar surface area (TPSA) is 61.1 Å². The predicted octanol–water partition coefficient (Wildman–Crippen LogP) is 2.35. The summed E-state index contributed by atoms with van der Waals surface area (Å²) in [6.45, 7) is 2.45. The van der Waals surface area contributed by atoms with Gasteiger partial charge in [0.05, 0.1) is 6.54 Å². The molecule has 116 valence electrons. The first-order valence-corrected chi connectivity index (χ1v) is 6.93. The molecule has 0 unspecified atom stereocenters. The second-order valence-electron chi connectivity index (χ2n) is 5.07. The van der Waals surface area contributed by atoms with Crippen molar-refractivity contribution in [3.8, 4) is 17.2 Å². The van der Waals surface area contributed by atoms with Crippen molar-refractivity contribution in [3.63, 3.8) is 0 Å². The maximum atomic E-state index is 12.1. The molecule has 0 bridgehead atoms. The quantitative estimate of drug-likeness (QED) is 0.848. The minimum Gasteiger partial charge on any atom is -0.484 e. The van der Waals surface area contributed by atoms with Gasteiger partial charge in [0.1, 0.15) is 17.3 Å².